The van der Waals surface area contributed by atoms with Crippen LogP contribution in [0, 0.1) is 6.92 Å². The molecular formula is C13H18N2O2S3. The minimum atomic E-state index is -3.48. The molecule has 0 amide bonds. The monoisotopic (exact) mass is 330 g/mol. The second-order valence-corrected chi connectivity index (χ2v) is 8.37. The molecule has 1 atom stereocenters. The minimum absolute atomic E-state index is 0.224. The predicted molar refractivity (Wildman–Crippen MR) is 84.9 cm³/mol. The Morgan fingerprint density at radius 2 is 2.15 bits per heavy atom. The lowest BCUT2D eigenvalue weighted by Crippen LogP contribution is -2.26. The average molecular weight is 331 g/mol. The summed E-state index contributed by atoms with van der Waals surface area (Å²) in [5, 5.41) is 6.94. The van der Waals surface area contributed by atoms with Crippen LogP contribution in [-0.2, 0) is 16.6 Å². The van der Waals surface area contributed by atoms with Gasteiger partial charge in [-0.2, -0.15) is 11.3 Å². The van der Waals surface area contributed by atoms with Crippen LogP contribution in [0.5, 0.6) is 0 Å². The molecule has 0 aliphatic carbocycles. The van der Waals surface area contributed by atoms with Gasteiger partial charge < -0.3 is 5.32 Å². The third-order valence-corrected chi connectivity index (χ3v) is 6.49. The quantitative estimate of drug-likeness (QED) is 0.856. The summed E-state index contributed by atoms with van der Waals surface area (Å²) in [6.45, 7) is 4.38. The first-order valence-corrected chi connectivity index (χ1v) is 9.46. The maximum atomic E-state index is 12.5. The van der Waals surface area contributed by atoms with Crippen molar-refractivity contribution >= 4 is 32.7 Å². The Balaban J connectivity index is 2.22. The van der Waals surface area contributed by atoms with Crippen LogP contribution in [0.15, 0.2) is 27.8 Å². The maximum absolute atomic E-state index is 12.5. The fourth-order valence-electron chi connectivity index (χ4n) is 1.94. The summed E-state index contributed by atoms with van der Waals surface area (Å²) in [4.78, 5) is 2.23. The van der Waals surface area contributed by atoms with Crippen LogP contribution >= 0.6 is 22.7 Å². The lowest BCUT2D eigenvalue weighted by Gasteiger charge is -2.12. The van der Waals surface area contributed by atoms with Crippen molar-refractivity contribution < 1.29 is 8.42 Å². The minimum Gasteiger partial charge on any atom is -0.315 e. The van der Waals surface area contributed by atoms with E-state index in [1.807, 2.05) is 37.7 Å². The molecule has 0 aromatic carbocycles. The van der Waals surface area contributed by atoms with E-state index in [0.29, 0.717) is 11.4 Å². The molecular weight excluding hydrogens is 312 g/mol. The van der Waals surface area contributed by atoms with Crippen molar-refractivity contribution in [2.24, 2.45) is 0 Å². The topological polar surface area (TPSA) is 58.2 Å². The standard InChI is InChI=1S/C13H18N2O2S3/c1-9(11-4-5-18-8-11)15-20(16,17)13-6-12(7-14-3)19-10(13)2/h4-6,8-9,14-15H,7H2,1-3H3. The van der Waals surface area contributed by atoms with Crippen molar-refractivity contribution in [1.82, 2.24) is 10.0 Å². The van der Waals surface area contributed by atoms with Crippen molar-refractivity contribution in [2.45, 2.75) is 31.3 Å². The summed E-state index contributed by atoms with van der Waals surface area (Å²) < 4.78 is 27.6. The van der Waals surface area contributed by atoms with E-state index in [1.165, 1.54) is 11.3 Å². The van der Waals surface area contributed by atoms with Gasteiger partial charge in [0.05, 0.1) is 4.90 Å². The molecule has 0 saturated heterocycles. The van der Waals surface area contributed by atoms with E-state index < -0.39 is 10.0 Å². The summed E-state index contributed by atoms with van der Waals surface area (Å²) in [7, 11) is -1.63. The third-order valence-electron chi connectivity index (χ3n) is 2.94. The van der Waals surface area contributed by atoms with Gasteiger partial charge in [0.15, 0.2) is 0 Å². The lowest BCUT2D eigenvalue weighted by molar-refractivity contribution is 0.567. The van der Waals surface area contributed by atoms with Crippen LogP contribution in [-0.4, -0.2) is 15.5 Å². The summed E-state index contributed by atoms with van der Waals surface area (Å²) in [5.41, 5.74) is 0.988. The Kier molecular flexibility index (Phi) is 4.98. The molecule has 0 aliphatic heterocycles. The highest BCUT2D eigenvalue weighted by molar-refractivity contribution is 7.89. The fraction of sp³-hybridized carbons (Fsp3) is 0.385. The average Bonchev–Trinajstić information content (AvgIpc) is 2.98. The fourth-order valence-corrected chi connectivity index (χ4v) is 5.57. The van der Waals surface area contributed by atoms with E-state index in [-0.39, 0.29) is 6.04 Å². The Morgan fingerprint density at radius 3 is 2.75 bits per heavy atom. The molecule has 0 bridgehead atoms. The summed E-state index contributed by atoms with van der Waals surface area (Å²) >= 11 is 3.07. The van der Waals surface area contributed by atoms with Crippen LogP contribution in [0.1, 0.15) is 28.3 Å². The van der Waals surface area contributed by atoms with Crippen molar-refractivity contribution in [3.05, 3.63) is 38.2 Å². The zero-order valence-corrected chi connectivity index (χ0v) is 14.1. The third kappa shape index (κ3) is 3.48. The number of hydrogen-bond acceptors (Lipinski definition) is 5. The van der Waals surface area contributed by atoms with E-state index in [1.54, 1.807) is 17.4 Å². The molecule has 2 aromatic rings. The first kappa shape index (κ1) is 15.7. The van der Waals surface area contributed by atoms with Gasteiger partial charge in [0, 0.05) is 22.3 Å². The van der Waals surface area contributed by atoms with Crippen LogP contribution in [0.2, 0.25) is 0 Å². The summed E-state index contributed by atoms with van der Waals surface area (Å²) in [6, 6.07) is 3.46. The lowest BCUT2D eigenvalue weighted by atomic mass is 10.2. The first-order chi connectivity index (χ1) is 9.44. The number of aryl methyl sites for hydroxylation is 1. The van der Waals surface area contributed by atoms with Gasteiger partial charge >= 0.3 is 0 Å². The van der Waals surface area contributed by atoms with Crippen LogP contribution < -0.4 is 10.0 Å². The molecule has 0 saturated carbocycles. The highest BCUT2D eigenvalue weighted by Crippen LogP contribution is 2.27. The maximum Gasteiger partial charge on any atom is 0.242 e. The molecule has 1 unspecified atom stereocenters. The van der Waals surface area contributed by atoms with Crippen molar-refractivity contribution in [3.8, 4) is 0 Å². The highest BCUT2D eigenvalue weighted by atomic mass is 32.2. The van der Waals surface area contributed by atoms with Gasteiger partial charge in [-0.15, -0.1) is 11.3 Å². The molecule has 0 fully saturated rings. The van der Waals surface area contributed by atoms with Crippen molar-refractivity contribution in [1.29, 1.82) is 0 Å². The number of hydrogen-bond donors (Lipinski definition) is 2. The van der Waals surface area contributed by atoms with E-state index in [4.69, 9.17) is 0 Å². The smallest absolute Gasteiger partial charge is 0.242 e. The molecule has 0 radical (unpaired) electrons. The number of rotatable bonds is 6. The normalized spacial score (nSPS) is 13.6. The van der Waals surface area contributed by atoms with Gasteiger partial charge in [-0.3, -0.25) is 0 Å². The largest absolute Gasteiger partial charge is 0.315 e. The zero-order valence-electron chi connectivity index (χ0n) is 11.6. The van der Waals surface area contributed by atoms with Crippen LogP contribution in [0.3, 0.4) is 0 Å². The SMILES string of the molecule is CNCc1cc(S(=O)(=O)NC(C)c2ccsc2)c(C)s1. The van der Waals surface area contributed by atoms with Gasteiger partial charge in [-0.25, -0.2) is 13.1 Å². The number of sulfonamides is 1. The first-order valence-electron chi connectivity index (χ1n) is 6.22. The Hall–Kier alpha value is -0.730. The summed E-state index contributed by atoms with van der Waals surface area (Å²) in [6.07, 6.45) is 0. The van der Waals surface area contributed by atoms with Gasteiger partial charge in [0.2, 0.25) is 10.0 Å². The van der Waals surface area contributed by atoms with Crippen molar-refractivity contribution in [3.63, 3.8) is 0 Å². The highest BCUT2D eigenvalue weighted by Gasteiger charge is 2.22. The molecule has 0 spiro atoms. The van der Waals surface area contributed by atoms with E-state index in [0.717, 1.165) is 15.3 Å². The molecule has 20 heavy (non-hydrogen) atoms. The van der Waals surface area contributed by atoms with E-state index >= 15 is 0 Å². The second-order valence-electron chi connectivity index (χ2n) is 4.56. The number of thiophene rings is 2. The summed E-state index contributed by atoms with van der Waals surface area (Å²) in [5.74, 6) is 0. The predicted octanol–water partition coefficient (Wildman–Crippen LogP) is 2.88. The zero-order chi connectivity index (χ0) is 14.8. The van der Waals surface area contributed by atoms with Crippen molar-refractivity contribution in [2.75, 3.05) is 7.05 Å². The molecule has 2 aromatic heterocycles. The molecule has 110 valence electrons. The Labute approximate surface area is 127 Å². The van der Waals surface area contributed by atoms with Crippen LogP contribution in [0.25, 0.3) is 0 Å². The molecule has 2 rings (SSSR count). The number of nitrogens with one attached hydrogen (secondary N) is 2. The van der Waals surface area contributed by atoms with Gasteiger partial charge in [-0.1, -0.05) is 0 Å². The Morgan fingerprint density at radius 1 is 1.40 bits per heavy atom. The second kappa shape index (κ2) is 6.36. The van der Waals surface area contributed by atoms with Gasteiger partial charge in [-0.05, 0) is 49.4 Å². The molecule has 0 aliphatic rings. The molecule has 2 N–H and O–H groups in total. The van der Waals surface area contributed by atoms with Crippen LogP contribution in [0.4, 0.5) is 0 Å². The van der Waals surface area contributed by atoms with Gasteiger partial charge in [0.25, 0.3) is 0 Å². The van der Waals surface area contributed by atoms with E-state index in [2.05, 4.69) is 10.0 Å². The molecule has 7 heteroatoms. The Bertz CT molecular complexity index is 660. The van der Waals surface area contributed by atoms with E-state index in [9.17, 15) is 8.42 Å². The van der Waals surface area contributed by atoms with Gasteiger partial charge in [0.1, 0.15) is 0 Å². The molecule has 2 heterocycles. The molecule has 4 nitrogen and oxygen atoms in total.